The van der Waals surface area contributed by atoms with E-state index in [9.17, 15) is 12.8 Å². The number of sulfone groups is 1. The quantitative estimate of drug-likeness (QED) is 0.885. The Kier molecular flexibility index (Phi) is 3.45. The van der Waals surface area contributed by atoms with E-state index in [1.165, 1.54) is 23.8 Å². The van der Waals surface area contributed by atoms with Crippen LogP contribution in [0.4, 0.5) is 10.1 Å². The van der Waals surface area contributed by atoms with Gasteiger partial charge in [-0.25, -0.2) is 12.8 Å². The lowest BCUT2D eigenvalue weighted by atomic mass is 10.1. The van der Waals surface area contributed by atoms with Crippen molar-refractivity contribution in [1.82, 2.24) is 0 Å². The van der Waals surface area contributed by atoms with E-state index in [4.69, 9.17) is 0 Å². The van der Waals surface area contributed by atoms with Gasteiger partial charge >= 0.3 is 0 Å². The predicted molar refractivity (Wildman–Crippen MR) is 80.6 cm³/mol. The van der Waals surface area contributed by atoms with Crippen molar-refractivity contribution >= 4 is 15.5 Å². The number of benzene rings is 2. The summed E-state index contributed by atoms with van der Waals surface area (Å²) in [7, 11) is -3.34. The second-order valence-electron chi connectivity index (χ2n) is 5.35. The zero-order valence-corrected chi connectivity index (χ0v) is 12.5. The summed E-state index contributed by atoms with van der Waals surface area (Å²) in [6.45, 7) is 0. The van der Waals surface area contributed by atoms with Crippen LogP contribution in [0.5, 0.6) is 0 Å². The van der Waals surface area contributed by atoms with Gasteiger partial charge in [-0.2, -0.15) is 0 Å². The molecule has 0 heterocycles. The van der Waals surface area contributed by atoms with Crippen LogP contribution < -0.4 is 5.32 Å². The van der Waals surface area contributed by atoms with Crippen molar-refractivity contribution in [3.8, 4) is 0 Å². The molecule has 2 aromatic carbocycles. The van der Waals surface area contributed by atoms with Crippen molar-refractivity contribution in [2.24, 2.45) is 0 Å². The van der Waals surface area contributed by atoms with Crippen LogP contribution in [-0.4, -0.2) is 14.7 Å². The van der Waals surface area contributed by atoms with Gasteiger partial charge < -0.3 is 5.32 Å². The molecule has 0 saturated heterocycles. The molecule has 0 aliphatic heterocycles. The van der Waals surface area contributed by atoms with Gasteiger partial charge in [-0.15, -0.1) is 0 Å². The topological polar surface area (TPSA) is 46.2 Å². The Morgan fingerprint density at radius 1 is 1.19 bits per heavy atom. The molecule has 21 heavy (non-hydrogen) atoms. The molecule has 1 unspecified atom stereocenters. The van der Waals surface area contributed by atoms with E-state index < -0.39 is 15.7 Å². The van der Waals surface area contributed by atoms with Gasteiger partial charge in [0.25, 0.3) is 0 Å². The second-order valence-corrected chi connectivity index (χ2v) is 7.36. The predicted octanol–water partition coefficient (Wildman–Crippen LogP) is 3.33. The van der Waals surface area contributed by atoms with Crippen LogP contribution in [0.3, 0.4) is 0 Å². The Balaban J connectivity index is 1.93. The van der Waals surface area contributed by atoms with E-state index in [1.807, 2.05) is 18.2 Å². The van der Waals surface area contributed by atoms with Gasteiger partial charge in [-0.05, 0) is 42.2 Å². The third-order valence-corrected chi connectivity index (χ3v) is 4.94. The molecule has 1 N–H and O–H groups in total. The average molecular weight is 305 g/mol. The Hall–Kier alpha value is -1.88. The first-order chi connectivity index (χ1) is 9.95. The smallest absolute Gasteiger partial charge is 0.175 e. The first kappa shape index (κ1) is 14.1. The van der Waals surface area contributed by atoms with E-state index in [0.29, 0.717) is 0 Å². The van der Waals surface area contributed by atoms with Crippen LogP contribution in [0, 0.1) is 5.82 Å². The van der Waals surface area contributed by atoms with Gasteiger partial charge in [-0.3, -0.25) is 0 Å². The van der Waals surface area contributed by atoms with Gasteiger partial charge in [0.05, 0.1) is 16.6 Å². The van der Waals surface area contributed by atoms with Crippen molar-refractivity contribution in [1.29, 1.82) is 0 Å². The summed E-state index contributed by atoms with van der Waals surface area (Å²) in [5, 5.41) is 3.14. The number of aryl methyl sites for hydroxylation is 1. The zero-order chi connectivity index (χ0) is 15.0. The molecule has 2 aromatic rings. The van der Waals surface area contributed by atoms with E-state index >= 15 is 0 Å². The highest BCUT2D eigenvalue weighted by molar-refractivity contribution is 7.90. The summed E-state index contributed by atoms with van der Waals surface area (Å²) in [6.07, 6.45) is 2.94. The molecule has 110 valence electrons. The van der Waals surface area contributed by atoms with Crippen molar-refractivity contribution < 1.29 is 12.8 Å². The molecule has 0 radical (unpaired) electrons. The van der Waals surface area contributed by atoms with Crippen LogP contribution in [0.2, 0.25) is 0 Å². The fourth-order valence-electron chi connectivity index (χ4n) is 2.74. The molecule has 0 amide bonds. The summed E-state index contributed by atoms with van der Waals surface area (Å²) < 4.78 is 37.1. The number of nitrogens with one attached hydrogen (secondary N) is 1. The highest BCUT2D eigenvalue weighted by atomic mass is 32.2. The maximum Gasteiger partial charge on any atom is 0.175 e. The number of hydrogen-bond acceptors (Lipinski definition) is 3. The zero-order valence-electron chi connectivity index (χ0n) is 11.6. The van der Waals surface area contributed by atoms with Crippen LogP contribution >= 0.6 is 0 Å². The van der Waals surface area contributed by atoms with Gasteiger partial charge in [0.2, 0.25) is 0 Å². The van der Waals surface area contributed by atoms with Crippen LogP contribution in [0.15, 0.2) is 47.4 Å². The lowest BCUT2D eigenvalue weighted by molar-refractivity contribution is 0.600. The van der Waals surface area contributed by atoms with E-state index in [2.05, 4.69) is 11.4 Å². The minimum absolute atomic E-state index is 0.0190. The fraction of sp³-hybridized carbons (Fsp3) is 0.250. The molecular formula is C16H16FNO2S. The van der Waals surface area contributed by atoms with Crippen molar-refractivity contribution in [3.63, 3.8) is 0 Å². The summed E-state index contributed by atoms with van der Waals surface area (Å²) >= 11 is 0. The molecule has 0 spiro atoms. The molecule has 0 fully saturated rings. The molecular weight excluding hydrogens is 289 g/mol. The molecule has 0 aromatic heterocycles. The molecule has 1 aliphatic rings. The first-order valence-corrected chi connectivity index (χ1v) is 8.68. The lowest BCUT2D eigenvalue weighted by Crippen LogP contribution is -2.09. The minimum atomic E-state index is -3.34. The maximum atomic E-state index is 13.9. The molecule has 5 heteroatoms. The van der Waals surface area contributed by atoms with Crippen LogP contribution in [-0.2, 0) is 16.3 Å². The SMILES string of the molecule is CS(=O)(=O)c1ccc(F)c(NC2CCc3ccccc32)c1. The molecule has 3 rings (SSSR count). The van der Waals surface area contributed by atoms with Crippen molar-refractivity contribution in [3.05, 3.63) is 59.4 Å². The van der Waals surface area contributed by atoms with Gasteiger partial charge in [0.15, 0.2) is 9.84 Å². The monoisotopic (exact) mass is 305 g/mol. The minimum Gasteiger partial charge on any atom is -0.376 e. The number of hydrogen-bond donors (Lipinski definition) is 1. The standard InChI is InChI=1S/C16H16FNO2S/c1-21(19,20)12-7-8-14(17)16(10-12)18-15-9-6-11-4-2-3-5-13(11)15/h2-5,7-8,10,15,18H,6,9H2,1H3. The van der Waals surface area contributed by atoms with Gasteiger partial charge in [-0.1, -0.05) is 24.3 Å². The molecule has 1 atom stereocenters. The Morgan fingerprint density at radius 3 is 2.71 bits per heavy atom. The Labute approximate surface area is 123 Å². The normalized spacial score (nSPS) is 17.5. The largest absolute Gasteiger partial charge is 0.376 e. The highest BCUT2D eigenvalue weighted by Crippen LogP contribution is 2.34. The third-order valence-electron chi connectivity index (χ3n) is 3.83. The van der Waals surface area contributed by atoms with Crippen molar-refractivity contribution in [2.45, 2.75) is 23.8 Å². The van der Waals surface area contributed by atoms with Crippen LogP contribution in [0.1, 0.15) is 23.6 Å². The molecule has 3 nitrogen and oxygen atoms in total. The lowest BCUT2D eigenvalue weighted by Gasteiger charge is -2.16. The number of halogens is 1. The fourth-order valence-corrected chi connectivity index (χ4v) is 3.39. The van der Waals surface area contributed by atoms with Crippen molar-refractivity contribution in [2.75, 3.05) is 11.6 Å². The van der Waals surface area contributed by atoms with E-state index in [0.717, 1.165) is 24.7 Å². The van der Waals surface area contributed by atoms with Gasteiger partial charge in [0.1, 0.15) is 5.82 Å². The van der Waals surface area contributed by atoms with Crippen LogP contribution in [0.25, 0.3) is 0 Å². The Morgan fingerprint density at radius 2 is 1.95 bits per heavy atom. The third kappa shape index (κ3) is 2.78. The average Bonchev–Trinajstić information content (AvgIpc) is 2.83. The Bertz CT molecular complexity index is 787. The molecule has 0 bridgehead atoms. The van der Waals surface area contributed by atoms with Gasteiger partial charge in [0, 0.05) is 6.26 Å². The van der Waals surface area contributed by atoms with E-state index in [-0.39, 0.29) is 16.6 Å². The molecule has 0 saturated carbocycles. The summed E-state index contributed by atoms with van der Waals surface area (Å²) in [6, 6.07) is 11.9. The van der Waals surface area contributed by atoms with E-state index in [1.54, 1.807) is 0 Å². The summed E-state index contributed by atoms with van der Waals surface area (Å²) in [5.74, 6) is -0.438. The first-order valence-electron chi connectivity index (χ1n) is 6.79. The number of fused-ring (bicyclic) bond motifs is 1. The number of rotatable bonds is 3. The highest BCUT2D eigenvalue weighted by Gasteiger charge is 2.23. The second kappa shape index (κ2) is 5.15. The summed E-state index contributed by atoms with van der Waals surface area (Å²) in [5.41, 5.74) is 2.65. The summed E-state index contributed by atoms with van der Waals surface area (Å²) in [4.78, 5) is 0.123. The number of anilines is 1. The molecule has 1 aliphatic carbocycles. The maximum absolute atomic E-state index is 13.9.